The molecule has 3 heterocycles. The van der Waals surface area contributed by atoms with Crippen LogP contribution >= 0.6 is 12.4 Å². The summed E-state index contributed by atoms with van der Waals surface area (Å²) in [5.74, 6) is -0.529. The van der Waals surface area contributed by atoms with Gasteiger partial charge in [-0.15, -0.1) is 12.4 Å². The maximum Gasteiger partial charge on any atom is 0.279 e. The van der Waals surface area contributed by atoms with Crippen LogP contribution in [0.25, 0.3) is 0 Å². The van der Waals surface area contributed by atoms with Crippen molar-refractivity contribution in [1.29, 1.82) is 0 Å². The molecule has 0 saturated carbocycles. The predicted octanol–water partition coefficient (Wildman–Crippen LogP) is -0.166. The van der Waals surface area contributed by atoms with Crippen LogP contribution in [0.4, 0.5) is 0 Å². The third kappa shape index (κ3) is 4.07. The number of rotatable bonds is 4. The maximum absolute atomic E-state index is 12.3. The largest absolute Gasteiger partial charge is 0.347 e. The molecule has 7 nitrogen and oxygen atoms in total. The molecule has 3 aliphatic heterocycles. The van der Waals surface area contributed by atoms with Gasteiger partial charge in [0.05, 0.1) is 13.2 Å². The molecule has 0 aromatic carbocycles. The Morgan fingerprint density at radius 3 is 2.48 bits per heavy atom. The van der Waals surface area contributed by atoms with Crippen molar-refractivity contribution in [2.75, 3.05) is 39.4 Å². The van der Waals surface area contributed by atoms with Gasteiger partial charge in [0.2, 0.25) is 0 Å². The molecule has 0 aromatic rings. The summed E-state index contributed by atoms with van der Waals surface area (Å²) in [5, 5.41) is 3.29. The van der Waals surface area contributed by atoms with Crippen molar-refractivity contribution in [3.05, 3.63) is 0 Å². The van der Waals surface area contributed by atoms with Gasteiger partial charge in [0, 0.05) is 38.5 Å². The maximum atomic E-state index is 12.3. The molecular formula is C12H24ClN3O4S. The molecule has 1 unspecified atom stereocenters. The van der Waals surface area contributed by atoms with Gasteiger partial charge in [-0.1, -0.05) is 0 Å². The van der Waals surface area contributed by atoms with E-state index in [0.29, 0.717) is 45.7 Å². The Balaban J connectivity index is 0.00000161. The van der Waals surface area contributed by atoms with E-state index >= 15 is 0 Å². The minimum atomic E-state index is -3.38. The lowest BCUT2D eigenvalue weighted by Crippen LogP contribution is -2.51. The van der Waals surface area contributed by atoms with Gasteiger partial charge in [-0.05, 0) is 19.4 Å². The molecule has 1 spiro atoms. The van der Waals surface area contributed by atoms with E-state index in [4.69, 9.17) is 9.47 Å². The average molecular weight is 342 g/mol. The highest BCUT2D eigenvalue weighted by atomic mass is 35.5. The molecule has 2 N–H and O–H groups in total. The van der Waals surface area contributed by atoms with E-state index in [2.05, 4.69) is 10.0 Å². The van der Waals surface area contributed by atoms with Crippen LogP contribution in [0.15, 0.2) is 0 Å². The quantitative estimate of drug-likeness (QED) is 0.742. The third-order valence-electron chi connectivity index (χ3n) is 4.31. The molecule has 21 heavy (non-hydrogen) atoms. The Morgan fingerprint density at radius 1 is 1.24 bits per heavy atom. The zero-order chi connectivity index (χ0) is 14.1. The summed E-state index contributed by atoms with van der Waals surface area (Å²) in [7, 11) is -3.38. The average Bonchev–Trinajstić information content (AvgIpc) is 3.09. The smallest absolute Gasteiger partial charge is 0.279 e. The molecule has 0 amide bonds. The standard InChI is InChI=1S/C12H23N3O4S.ClH/c16-20(17,14-10-11-2-1-5-13-11)15-6-3-12(4-7-15)18-8-9-19-12;/h11,13-14H,1-10H2;1H. The van der Waals surface area contributed by atoms with Gasteiger partial charge in [0.15, 0.2) is 5.79 Å². The minimum Gasteiger partial charge on any atom is -0.347 e. The van der Waals surface area contributed by atoms with Crippen LogP contribution in [0.5, 0.6) is 0 Å². The van der Waals surface area contributed by atoms with E-state index in [9.17, 15) is 8.42 Å². The first-order valence-electron chi connectivity index (χ1n) is 7.36. The molecule has 3 rings (SSSR count). The van der Waals surface area contributed by atoms with Crippen molar-refractivity contribution in [3.8, 4) is 0 Å². The van der Waals surface area contributed by atoms with E-state index in [1.165, 1.54) is 4.31 Å². The van der Waals surface area contributed by atoms with Crippen LogP contribution in [-0.4, -0.2) is 63.9 Å². The van der Waals surface area contributed by atoms with Crippen LogP contribution in [0.1, 0.15) is 25.7 Å². The second-order valence-electron chi connectivity index (χ2n) is 5.65. The van der Waals surface area contributed by atoms with Gasteiger partial charge < -0.3 is 14.8 Å². The summed E-state index contributed by atoms with van der Waals surface area (Å²) < 4.78 is 39.9. The second kappa shape index (κ2) is 7.08. The molecule has 0 aromatic heterocycles. The van der Waals surface area contributed by atoms with Crippen LogP contribution in [0, 0.1) is 0 Å². The highest BCUT2D eigenvalue weighted by Crippen LogP contribution is 2.31. The molecule has 0 radical (unpaired) electrons. The van der Waals surface area contributed by atoms with Crippen molar-refractivity contribution in [2.45, 2.75) is 37.5 Å². The highest BCUT2D eigenvalue weighted by Gasteiger charge is 2.42. The van der Waals surface area contributed by atoms with Crippen molar-refractivity contribution < 1.29 is 17.9 Å². The molecule has 3 aliphatic rings. The number of hydrogen-bond donors (Lipinski definition) is 2. The lowest BCUT2D eigenvalue weighted by molar-refractivity contribution is -0.179. The van der Waals surface area contributed by atoms with Crippen molar-refractivity contribution in [3.63, 3.8) is 0 Å². The summed E-state index contributed by atoms with van der Waals surface area (Å²) in [6, 6.07) is 0.266. The summed E-state index contributed by atoms with van der Waals surface area (Å²) in [5.41, 5.74) is 0. The fraction of sp³-hybridized carbons (Fsp3) is 1.00. The topological polar surface area (TPSA) is 79.9 Å². The van der Waals surface area contributed by atoms with Crippen molar-refractivity contribution in [1.82, 2.24) is 14.3 Å². The summed E-state index contributed by atoms with van der Waals surface area (Å²) in [6.45, 7) is 3.57. The number of nitrogens with one attached hydrogen (secondary N) is 2. The van der Waals surface area contributed by atoms with Gasteiger partial charge in [-0.3, -0.25) is 0 Å². The molecule has 3 fully saturated rings. The van der Waals surface area contributed by atoms with Gasteiger partial charge >= 0.3 is 0 Å². The van der Waals surface area contributed by atoms with E-state index in [1.807, 2.05) is 0 Å². The Labute approximate surface area is 132 Å². The van der Waals surface area contributed by atoms with Crippen LogP contribution < -0.4 is 10.0 Å². The Morgan fingerprint density at radius 2 is 1.90 bits per heavy atom. The fourth-order valence-electron chi connectivity index (χ4n) is 3.08. The molecular weight excluding hydrogens is 318 g/mol. The molecule has 1 atom stereocenters. The number of nitrogens with zero attached hydrogens (tertiary/aromatic N) is 1. The molecule has 124 valence electrons. The van der Waals surface area contributed by atoms with E-state index in [1.54, 1.807) is 0 Å². The minimum absolute atomic E-state index is 0. The van der Waals surface area contributed by atoms with Gasteiger partial charge in [-0.2, -0.15) is 12.7 Å². The van der Waals surface area contributed by atoms with Crippen LogP contribution in [0.3, 0.4) is 0 Å². The molecule has 0 bridgehead atoms. The first kappa shape index (κ1) is 17.4. The Hall–Kier alpha value is 0.0400. The van der Waals surface area contributed by atoms with Gasteiger partial charge in [0.1, 0.15) is 0 Å². The summed E-state index contributed by atoms with van der Waals surface area (Å²) in [4.78, 5) is 0. The Bertz CT molecular complexity index is 426. The Kier molecular flexibility index (Phi) is 5.86. The van der Waals surface area contributed by atoms with Crippen LogP contribution in [0.2, 0.25) is 0 Å². The molecule has 0 aliphatic carbocycles. The first-order chi connectivity index (χ1) is 9.60. The zero-order valence-electron chi connectivity index (χ0n) is 12.0. The number of hydrogen-bond acceptors (Lipinski definition) is 5. The SMILES string of the molecule is Cl.O=S(=O)(NCC1CCCN1)N1CCC2(CC1)OCCO2. The summed E-state index contributed by atoms with van der Waals surface area (Å²) >= 11 is 0. The second-order valence-corrected chi connectivity index (χ2v) is 7.41. The lowest BCUT2D eigenvalue weighted by atomic mass is 10.1. The van der Waals surface area contributed by atoms with E-state index < -0.39 is 16.0 Å². The highest BCUT2D eigenvalue weighted by molar-refractivity contribution is 7.87. The lowest BCUT2D eigenvalue weighted by Gasteiger charge is -2.36. The molecule has 3 saturated heterocycles. The summed E-state index contributed by atoms with van der Waals surface area (Å²) in [6.07, 6.45) is 3.37. The fourth-order valence-corrected chi connectivity index (χ4v) is 4.34. The van der Waals surface area contributed by atoms with Crippen molar-refractivity contribution in [2.24, 2.45) is 0 Å². The number of piperidine rings is 1. The number of ether oxygens (including phenoxy) is 2. The van der Waals surface area contributed by atoms with Gasteiger partial charge in [0.25, 0.3) is 10.2 Å². The van der Waals surface area contributed by atoms with Gasteiger partial charge in [-0.25, -0.2) is 4.72 Å². The molecule has 9 heteroatoms. The first-order valence-corrected chi connectivity index (χ1v) is 8.80. The predicted molar refractivity (Wildman–Crippen MR) is 80.6 cm³/mol. The number of halogens is 1. The van der Waals surface area contributed by atoms with E-state index in [0.717, 1.165) is 19.4 Å². The monoisotopic (exact) mass is 341 g/mol. The van der Waals surface area contributed by atoms with Crippen LogP contribution in [-0.2, 0) is 19.7 Å². The normalized spacial score (nSPS) is 29.6. The van der Waals surface area contributed by atoms with Crippen molar-refractivity contribution >= 4 is 22.6 Å². The van der Waals surface area contributed by atoms with E-state index in [-0.39, 0.29) is 18.4 Å². The zero-order valence-corrected chi connectivity index (χ0v) is 13.7. The third-order valence-corrected chi connectivity index (χ3v) is 5.89.